The van der Waals surface area contributed by atoms with Crippen LogP contribution in [0.5, 0.6) is 0 Å². The molecule has 230 valence electrons. The van der Waals surface area contributed by atoms with Gasteiger partial charge < -0.3 is 16.0 Å². The molecular formula is C27H31F7N6O2. The van der Waals surface area contributed by atoms with Crippen molar-refractivity contribution in [1.82, 2.24) is 25.1 Å². The van der Waals surface area contributed by atoms with E-state index in [1.54, 1.807) is 25.1 Å². The molecule has 1 fully saturated rings. The Bertz CT molecular complexity index is 1440. The molecule has 1 aromatic carbocycles. The average Bonchev–Trinajstić information content (AvgIpc) is 3.43. The summed E-state index contributed by atoms with van der Waals surface area (Å²) in [5.41, 5.74) is 7.22. The SMILES string of the molecule is Cc1c(C(N)=O)c([C@@H](c2nc3ccc([C@@H](C)NC(=O)CCC(F)(F)F)cc3[nH]2)C2CCC(F)(F)CC2)nn1CC(F)F. The number of fused-ring (bicyclic) bond motifs is 1. The fourth-order valence-electron chi connectivity index (χ4n) is 5.49. The molecule has 42 heavy (non-hydrogen) atoms. The fraction of sp³-hybridized carbons (Fsp3) is 0.556. The number of H-pyrrole nitrogens is 1. The van der Waals surface area contributed by atoms with Crippen LogP contribution in [-0.4, -0.2) is 50.1 Å². The van der Waals surface area contributed by atoms with Crippen LogP contribution in [-0.2, 0) is 11.3 Å². The zero-order chi connectivity index (χ0) is 31.0. The van der Waals surface area contributed by atoms with Crippen molar-refractivity contribution < 1.29 is 40.3 Å². The maximum Gasteiger partial charge on any atom is 0.389 e. The number of nitrogens with zero attached hydrogens (tertiary/aromatic N) is 3. The minimum absolute atomic E-state index is 0.0555. The van der Waals surface area contributed by atoms with Crippen molar-refractivity contribution in [2.24, 2.45) is 11.7 Å². The molecule has 8 nitrogen and oxygen atoms in total. The van der Waals surface area contributed by atoms with Gasteiger partial charge in [-0.25, -0.2) is 22.5 Å². The third-order valence-corrected chi connectivity index (χ3v) is 7.65. The van der Waals surface area contributed by atoms with Gasteiger partial charge in [0.15, 0.2) is 0 Å². The average molecular weight is 605 g/mol. The van der Waals surface area contributed by atoms with Crippen LogP contribution in [0.2, 0.25) is 0 Å². The number of imidazole rings is 1. The molecule has 1 saturated carbocycles. The summed E-state index contributed by atoms with van der Waals surface area (Å²) in [5, 5.41) is 6.83. The van der Waals surface area contributed by atoms with Crippen molar-refractivity contribution in [2.75, 3.05) is 0 Å². The van der Waals surface area contributed by atoms with Gasteiger partial charge in [0.25, 0.3) is 12.3 Å². The number of carbonyl (C=O) groups excluding carboxylic acids is 2. The van der Waals surface area contributed by atoms with E-state index in [1.807, 2.05) is 0 Å². The number of alkyl halides is 7. The maximum absolute atomic E-state index is 14.1. The Morgan fingerprint density at radius 1 is 1.21 bits per heavy atom. The number of benzene rings is 1. The largest absolute Gasteiger partial charge is 0.389 e. The Kier molecular flexibility index (Phi) is 8.88. The Labute approximate surface area is 236 Å². The van der Waals surface area contributed by atoms with Crippen LogP contribution < -0.4 is 11.1 Å². The summed E-state index contributed by atoms with van der Waals surface area (Å²) in [6.07, 6.45) is -9.91. The highest BCUT2D eigenvalue weighted by Crippen LogP contribution is 2.45. The van der Waals surface area contributed by atoms with Gasteiger partial charge in [-0.05, 0) is 50.3 Å². The number of halogens is 7. The van der Waals surface area contributed by atoms with Crippen LogP contribution in [0.4, 0.5) is 30.7 Å². The first-order chi connectivity index (χ1) is 19.5. The third kappa shape index (κ3) is 7.21. The van der Waals surface area contributed by atoms with Gasteiger partial charge in [-0.1, -0.05) is 6.07 Å². The van der Waals surface area contributed by atoms with Crippen LogP contribution in [0, 0.1) is 12.8 Å². The van der Waals surface area contributed by atoms with E-state index in [4.69, 9.17) is 5.73 Å². The first kappa shape index (κ1) is 31.3. The summed E-state index contributed by atoms with van der Waals surface area (Å²) in [6, 6.07) is 4.24. The Hall–Kier alpha value is -3.65. The highest BCUT2D eigenvalue weighted by molar-refractivity contribution is 5.95. The molecule has 3 aromatic rings. The van der Waals surface area contributed by atoms with Crippen molar-refractivity contribution in [3.63, 3.8) is 0 Å². The van der Waals surface area contributed by atoms with Crippen molar-refractivity contribution in [2.45, 2.75) is 89.4 Å². The number of amides is 2. The monoisotopic (exact) mass is 604 g/mol. The molecule has 1 aliphatic rings. The minimum Gasteiger partial charge on any atom is -0.365 e. The molecule has 15 heteroatoms. The number of aromatic amines is 1. The van der Waals surface area contributed by atoms with E-state index in [2.05, 4.69) is 20.4 Å². The minimum atomic E-state index is -4.46. The van der Waals surface area contributed by atoms with Crippen molar-refractivity contribution in [3.8, 4) is 0 Å². The van der Waals surface area contributed by atoms with Crippen molar-refractivity contribution in [3.05, 3.63) is 46.5 Å². The molecule has 0 spiro atoms. The number of hydrogen-bond donors (Lipinski definition) is 3. The van der Waals surface area contributed by atoms with Gasteiger partial charge in [0.2, 0.25) is 11.8 Å². The summed E-state index contributed by atoms with van der Waals surface area (Å²) in [5.74, 6) is -5.58. The maximum atomic E-state index is 14.1. The zero-order valence-corrected chi connectivity index (χ0v) is 22.9. The number of hydrogen-bond acceptors (Lipinski definition) is 4. The third-order valence-electron chi connectivity index (χ3n) is 7.65. The first-order valence-corrected chi connectivity index (χ1v) is 13.4. The number of nitrogens with one attached hydrogen (secondary N) is 2. The lowest BCUT2D eigenvalue weighted by atomic mass is 9.76. The van der Waals surface area contributed by atoms with Gasteiger partial charge in [0.1, 0.15) is 12.4 Å². The van der Waals surface area contributed by atoms with E-state index < -0.39 is 80.4 Å². The van der Waals surface area contributed by atoms with Gasteiger partial charge in [0.05, 0.1) is 40.7 Å². The Balaban J connectivity index is 1.71. The van der Waals surface area contributed by atoms with Crippen LogP contribution >= 0.6 is 0 Å². The molecule has 0 unspecified atom stereocenters. The molecule has 0 bridgehead atoms. The highest BCUT2D eigenvalue weighted by Gasteiger charge is 2.42. The Morgan fingerprint density at radius 2 is 1.88 bits per heavy atom. The molecule has 0 radical (unpaired) electrons. The molecular weight excluding hydrogens is 573 g/mol. The second-order valence-electron chi connectivity index (χ2n) is 10.8. The van der Waals surface area contributed by atoms with Crippen molar-refractivity contribution in [1.29, 1.82) is 0 Å². The second kappa shape index (κ2) is 11.9. The lowest BCUT2D eigenvalue weighted by molar-refractivity contribution is -0.144. The zero-order valence-electron chi connectivity index (χ0n) is 22.9. The molecule has 2 heterocycles. The summed E-state index contributed by atoms with van der Waals surface area (Å²) in [7, 11) is 0. The van der Waals surface area contributed by atoms with E-state index in [-0.39, 0.29) is 35.6 Å². The summed E-state index contributed by atoms with van der Waals surface area (Å²) in [6.45, 7) is 2.24. The van der Waals surface area contributed by atoms with E-state index >= 15 is 0 Å². The molecule has 2 amide bonds. The summed E-state index contributed by atoms with van der Waals surface area (Å²) < 4.78 is 93.1. The predicted octanol–water partition coefficient (Wildman–Crippen LogP) is 5.91. The van der Waals surface area contributed by atoms with E-state index in [9.17, 15) is 40.3 Å². The molecule has 2 atom stereocenters. The van der Waals surface area contributed by atoms with E-state index in [0.717, 1.165) is 4.68 Å². The van der Waals surface area contributed by atoms with Crippen molar-refractivity contribution >= 4 is 22.8 Å². The van der Waals surface area contributed by atoms with Crippen LogP contribution in [0.15, 0.2) is 18.2 Å². The van der Waals surface area contributed by atoms with E-state index in [0.29, 0.717) is 16.6 Å². The quantitative estimate of drug-likeness (QED) is 0.250. The van der Waals surface area contributed by atoms with E-state index in [1.165, 1.54) is 6.92 Å². The topological polar surface area (TPSA) is 119 Å². The first-order valence-electron chi connectivity index (χ1n) is 13.4. The smallest absolute Gasteiger partial charge is 0.365 e. The number of aromatic nitrogens is 4. The molecule has 2 aromatic heterocycles. The molecule has 1 aliphatic carbocycles. The molecule has 0 aliphatic heterocycles. The summed E-state index contributed by atoms with van der Waals surface area (Å²) >= 11 is 0. The van der Waals surface area contributed by atoms with Gasteiger partial charge >= 0.3 is 6.18 Å². The van der Waals surface area contributed by atoms with Gasteiger partial charge in [0, 0.05) is 25.0 Å². The number of carbonyl (C=O) groups is 2. The Morgan fingerprint density at radius 3 is 2.48 bits per heavy atom. The normalized spacial score (nSPS) is 17.5. The predicted molar refractivity (Wildman–Crippen MR) is 138 cm³/mol. The fourth-order valence-corrected chi connectivity index (χ4v) is 5.49. The van der Waals surface area contributed by atoms with Crippen LogP contribution in [0.3, 0.4) is 0 Å². The number of rotatable bonds is 10. The number of nitrogens with two attached hydrogens (primary N) is 1. The molecule has 0 saturated heterocycles. The van der Waals surface area contributed by atoms with Gasteiger partial charge in [-0.2, -0.15) is 18.3 Å². The van der Waals surface area contributed by atoms with Gasteiger partial charge in [-0.3, -0.25) is 14.3 Å². The van der Waals surface area contributed by atoms with Crippen LogP contribution in [0.1, 0.15) is 90.5 Å². The molecule has 4 rings (SSSR count). The lowest BCUT2D eigenvalue weighted by Crippen LogP contribution is -2.30. The van der Waals surface area contributed by atoms with Gasteiger partial charge in [-0.15, -0.1) is 0 Å². The molecule has 4 N–H and O–H groups in total. The van der Waals surface area contributed by atoms with Crippen LogP contribution in [0.25, 0.3) is 11.0 Å². The number of primary amides is 1. The standard InChI is InChI=1S/C27H31F7N6O2/c1-13(36-20(41)7-10-27(32,33)34)16-3-4-17-18(11-16)38-25(37-17)22(15-5-8-26(30,31)9-6-15)23-21(24(35)42)14(2)40(39-23)12-19(28)29/h3-4,11,13,15,19,22H,5-10,12H2,1-2H3,(H2,35,42)(H,36,41)(H,37,38)/t13-,22+/m1/s1. The lowest BCUT2D eigenvalue weighted by Gasteiger charge is -2.32. The summed E-state index contributed by atoms with van der Waals surface area (Å²) in [4.78, 5) is 32.2. The second-order valence-corrected chi connectivity index (χ2v) is 10.8. The highest BCUT2D eigenvalue weighted by atomic mass is 19.4.